The van der Waals surface area contributed by atoms with E-state index in [2.05, 4.69) is 32.3 Å². The van der Waals surface area contributed by atoms with E-state index in [0.29, 0.717) is 18.0 Å². The van der Waals surface area contributed by atoms with Crippen LogP contribution >= 0.6 is 0 Å². The van der Waals surface area contributed by atoms with Gasteiger partial charge in [-0.3, -0.25) is 4.79 Å². The van der Waals surface area contributed by atoms with Crippen LogP contribution in [0.5, 0.6) is 5.75 Å². The van der Waals surface area contributed by atoms with E-state index in [4.69, 9.17) is 10.00 Å². The van der Waals surface area contributed by atoms with Crippen LogP contribution in [0.2, 0.25) is 0 Å². The number of aromatic nitrogens is 2. The summed E-state index contributed by atoms with van der Waals surface area (Å²) in [6.07, 6.45) is 12.5. The van der Waals surface area contributed by atoms with Gasteiger partial charge in [-0.15, -0.1) is 0 Å². The molecule has 1 fully saturated rings. The number of hydrogen-bond donors (Lipinski definition) is 1. The Bertz CT molecular complexity index is 1310. The number of carbonyl (C=O) groups excluding carboxylic acids is 1. The first-order valence-electron chi connectivity index (χ1n) is 14.2. The van der Waals surface area contributed by atoms with Crippen LogP contribution in [0.1, 0.15) is 77.3 Å². The van der Waals surface area contributed by atoms with Crippen molar-refractivity contribution in [2.24, 2.45) is 0 Å². The van der Waals surface area contributed by atoms with Crippen molar-refractivity contribution in [1.29, 1.82) is 5.26 Å². The van der Waals surface area contributed by atoms with Crippen LogP contribution in [0, 0.1) is 11.3 Å². The average Bonchev–Trinajstić information content (AvgIpc) is 3.00. The lowest BCUT2D eigenvalue weighted by Gasteiger charge is -2.33. The van der Waals surface area contributed by atoms with E-state index < -0.39 is 0 Å². The molecule has 1 N–H and O–H groups in total. The lowest BCUT2D eigenvalue weighted by molar-refractivity contribution is 0.0952. The third kappa shape index (κ3) is 6.46. The fourth-order valence-corrected chi connectivity index (χ4v) is 5.96. The normalized spacial score (nSPS) is 15.8. The van der Waals surface area contributed by atoms with Crippen molar-refractivity contribution in [3.63, 3.8) is 0 Å². The molecule has 0 saturated carbocycles. The highest BCUT2D eigenvalue weighted by Crippen LogP contribution is 2.40. The highest BCUT2D eigenvalue weighted by Gasteiger charge is 2.26. The van der Waals surface area contributed by atoms with Crippen LogP contribution in [-0.2, 0) is 12.8 Å². The molecule has 202 valence electrons. The van der Waals surface area contributed by atoms with E-state index in [0.717, 1.165) is 50.0 Å². The second-order valence-corrected chi connectivity index (χ2v) is 10.6. The fourth-order valence-electron chi connectivity index (χ4n) is 5.96. The first-order chi connectivity index (χ1) is 19.2. The molecule has 0 bridgehead atoms. The van der Waals surface area contributed by atoms with Crippen LogP contribution in [0.4, 0.5) is 0 Å². The standard InChI is InChI=1S/C32H37N5O2/c1-39-31-28-7-3-2-6-24(28)12-13-29(31)25-14-18-37(19-15-25)17-5-4-16-34-32(38)26-10-8-23(9-11-26)27-21-35-30(20-33)36-22-27/h8-13,21-22,25H,2-7,14-19H2,1H3,(H,34,38). The van der Waals surface area contributed by atoms with Crippen molar-refractivity contribution in [2.45, 2.75) is 57.3 Å². The highest BCUT2D eigenvalue weighted by molar-refractivity contribution is 5.94. The number of nitriles is 1. The van der Waals surface area contributed by atoms with Crippen molar-refractivity contribution >= 4 is 5.91 Å². The number of carbonyl (C=O) groups is 1. The minimum Gasteiger partial charge on any atom is -0.496 e. The number of piperidine rings is 1. The monoisotopic (exact) mass is 523 g/mol. The molecule has 1 saturated heterocycles. The van der Waals surface area contributed by atoms with Gasteiger partial charge in [0.1, 0.15) is 11.8 Å². The molecule has 0 radical (unpaired) electrons. The van der Waals surface area contributed by atoms with Crippen LogP contribution < -0.4 is 10.1 Å². The SMILES string of the molecule is COc1c(C2CCN(CCCCNC(=O)c3ccc(-c4cnc(C#N)nc4)cc3)CC2)ccc2c1CCCC2. The second kappa shape index (κ2) is 12.9. The predicted molar refractivity (Wildman–Crippen MR) is 152 cm³/mol. The smallest absolute Gasteiger partial charge is 0.251 e. The maximum Gasteiger partial charge on any atom is 0.251 e. The van der Waals surface area contributed by atoms with Gasteiger partial charge in [0.15, 0.2) is 0 Å². The Labute approximate surface area is 231 Å². The molecule has 2 heterocycles. The molecule has 3 aromatic rings. The van der Waals surface area contributed by atoms with Crippen molar-refractivity contribution in [2.75, 3.05) is 33.3 Å². The molecule has 2 aromatic carbocycles. The van der Waals surface area contributed by atoms with Gasteiger partial charge in [0.2, 0.25) is 5.82 Å². The summed E-state index contributed by atoms with van der Waals surface area (Å²) < 4.78 is 5.94. The number of ether oxygens (including phenoxy) is 1. The Hall–Kier alpha value is -3.76. The molecule has 7 nitrogen and oxygen atoms in total. The zero-order chi connectivity index (χ0) is 27.0. The number of hydrogen-bond acceptors (Lipinski definition) is 6. The average molecular weight is 524 g/mol. The molecule has 1 amide bonds. The largest absolute Gasteiger partial charge is 0.496 e. The number of likely N-dealkylation sites (tertiary alicyclic amines) is 1. The van der Waals surface area contributed by atoms with E-state index in [1.165, 1.54) is 54.5 Å². The zero-order valence-corrected chi connectivity index (χ0v) is 22.8. The number of nitrogens with one attached hydrogen (secondary N) is 1. The molecule has 5 rings (SSSR count). The molecule has 7 heteroatoms. The molecule has 39 heavy (non-hydrogen) atoms. The first kappa shape index (κ1) is 26.8. The molecule has 1 aliphatic carbocycles. The third-order valence-corrected chi connectivity index (χ3v) is 8.16. The van der Waals surface area contributed by atoms with Crippen LogP contribution in [0.15, 0.2) is 48.8 Å². The fraction of sp³-hybridized carbons (Fsp3) is 0.438. The summed E-state index contributed by atoms with van der Waals surface area (Å²) in [4.78, 5) is 23.1. The lowest BCUT2D eigenvalue weighted by atomic mass is 9.83. The molecule has 1 aliphatic heterocycles. The van der Waals surface area contributed by atoms with Gasteiger partial charge in [-0.05, 0) is 111 Å². The van der Waals surface area contributed by atoms with Gasteiger partial charge in [0, 0.05) is 30.1 Å². The first-order valence-corrected chi connectivity index (χ1v) is 14.2. The molecular formula is C32H37N5O2. The van der Waals surface area contributed by atoms with Gasteiger partial charge in [-0.25, -0.2) is 9.97 Å². The highest BCUT2D eigenvalue weighted by atomic mass is 16.5. The maximum absolute atomic E-state index is 12.6. The number of amides is 1. The van der Waals surface area contributed by atoms with E-state index in [1.807, 2.05) is 37.4 Å². The van der Waals surface area contributed by atoms with Crippen molar-refractivity contribution in [3.8, 4) is 22.9 Å². The lowest BCUT2D eigenvalue weighted by Crippen LogP contribution is -2.34. The number of methoxy groups -OCH3 is 1. The number of nitrogens with zero attached hydrogens (tertiary/aromatic N) is 4. The number of fused-ring (bicyclic) bond motifs is 1. The summed E-state index contributed by atoms with van der Waals surface area (Å²) in [5, 5.41) is 11.9. The number of benzene rings is 2. The molecule has 0 atom stereocenters. The Morgan fingerprint density at radius 1 is 1.03 bits per heavy atom. The number of rotatable bonds is 9. The quantitative estimate of drug-likeness (QED) is 0.383. The van der Waals surface area contributed by atoms with Gasteiger partial charge in [0.05, 0.1) is 7.11 Å². The van der Waals surface area contributed by atoms with Crippen LogP contribution in [0.3, 0.4) is 0 Å². The van der Waals surface area contributed by atoms with E-state index in [9.17, 15) is 4.79 Å². The predicted octanol–water partition coefficient (Wildman–Crippen LogP) is 5.29. The Morgan fingerprint density at radius 3 is 2.49 bits per heavy atom. The van der Waals surface area contributed by atoms with Gasteiger partial charge < -0.3 is 15.0 Å². The Balaban J connectivity index is 1.02. The summed E-state index contributed by atoms with van der Waals surface area (Å²) in [5.74, 6) is 1.83. The van der Waals surface area contributed by atoms with Crippen molar-refractivity contribution in [1.82, 2.24) is 20.2 Å². The Morgan fingerprint density at radius 2 is 1.77 bits per heavy atom. The molecule has 1 aromatic heterocycles. The number of unbranched alkanes of at least 4 members (excludes halogenated alkanes) is 1. The maximum atomic E-state index is 12.6. The minimum atomic E-state index is -0.0579. The minimum absolute atomic E-state index is 0.0579. The van der Waals surface area contributed by atoms with Gasteiger partial charge in [-0.1, -0.05) is 24.3 Å². The number of aryl methyl sites for hydroxylation is 1. The third-order valence-electron chi connectivity index (χ3n) is 8.16. The Kier molecular flexibility index (Phi) is 8.85. The second-order valence-electron chi connectivity index (χ2n) is 10.6. The zero-order valence-electron chi connectivity index (χ0n) is 22.8. The van der Waals surface area contributed by atoms with E-state index in [-0.39, 0.29) is 11.7 Å². The topological polar surface area (TPSA) is 91.1 Å². The summed E-state index contributed by atoms with van der Waals surface area (Å²) in [5.41, 5.74) is 6.72. The molecule has 2 aliphatic rings. The summed E-state index contributed by atoms with van der Waals surface area (Å²) >= 11 is 0. The summed E-state index contributed by atoms with van der Waals surface area (Å²) in [6, 6.07) is 14.0. The summed E-state index contributed by atoms with van der Waals surface area (Å²) in [7, 11) is 1.84. The van der Waals surface area contributed by atoms with Crippen LogP contribution in [0.25, 0.3) is 11.1 Å². The summed E-state index contributed by atoms with van der Waals surface area (Å²) in [6.45, 7) is 3.99. The van der Waals surface area contributed by atoms with E-state index in [1.54, 1.807) is 12.4 Å². The van der Waals surface area contributed by atoms with Gasteiger partial charge in [-0.2, -0.15) is 5.26 Å². The molecule has 0 unspecified atom stereocenters. The van der Waals surface area contributed by atoms with Crippen LogP contribution in [-0.4, -0.2) is 54.1 Å². The molecular weight excluding hydrogens is 486 g/mol. The van der Waals surface area contributed by atoms with E-state index >= 15 is 0 Å². The van der Waals surface area contributed by atoms with Crippen molar-refractivity contribution < 1.29 is 9.53 Å². The van der Waals surface area contributed by atoms with Gasteiger partial charge >= 0.3 is 0 Å². The van der Waals surface area contributed by atoms with Gasteiger partial charge in [0.25, 0.3) is 5.91 Å². The molecule has 0 spiro atoms. The van der Waals surface area contributed by atoms with Crippen molar-refractivity contribution in [3.05, 3.63) is 76.9 Å².